The molecular weight excluding hydrogens is 311 g/mol. The highest BCUT2D eigenvalue weighted by molar-refractivity contribution is 6.32. The molecule has 1 N–H and O–H groups in total. The lowest BCUT2D eigenvalue weighted by atomic mass is 10.1. The van der Waals surface area contributed by atoms with E-state index >= 15 is 0 Å². The van der Waals surface area contributed by atoms with Crippen LogP contribution in [-0.4, -0.2) is 15.9 Å². The summed E-state index contributed by atoms with van der Waals surface area (Å²) in [5, 5.41) is 2.00. The average molecular weight is 318 g/mol. The summed E-state index contributed by atoms with van der Waals surface area (Å²) in [5.41, 5.74) is -0.550. The van der Waals surface area contributed by atoms with E-state index in [1.54, 1.807) is 0 Å². The van der Waals surface area contributed by atoms with Crippen LogP contribution in [0.1, 0.15) is 15.9 Å². The van der Waals surface area contributed by atoms with Crippen molar-refractivity contribution in [1.29, 1.82) is 0 Å². The number of rotatable bonds is 2. The topological polar surface area (TPSA) is 54.9 Å². The zero-order valence-electron chi connectivity index (χ0n) is 10.0. The van der Waals surface area contributed by atoms with Gasteiger partial charge in [-0.2, -0.15) is 0 Å². The number of nitrogens with one attached hydrogen (secondary N) is 1. The molecule has 4 nitrogen and oxygen atoms in total. The van der Waals surface area contributed by atoms with E-state index in [9.17, 15) is 13.6 Å². The molecule has 104 valence electrons. The van der Waals surface area contributed by atoms with Gasteiger partial charge in [0.15, 0.2) is 0 Å². The van der Waals surface area contributed by atoms with E-state index in [4.69, 9.17) is 23.2 Å². The number of hydrogen-bond acceptors (Lipinski definition) is 3. The number of carbonyl (C=O) groups is 1. The Morgan fingerprint density at radius 2 is 1.95 bits per heavy atom. The van der Waals surface area contributed by atoms with Gasteiger partial charge < -0.3 is 5.32 Å². The lowest BCUT2D eigenvalue weighted by Crippen LogP contribution is -2.17. The van der Waals surface area contributed by atoms with E-state index in [2.05, 4.69) is 15.3 Å². The number of carbonyl (C=O) groups excluding carboxylic acids is 1. The van der Waals surface area contributed by atoms with Crippen molar-refractivity contribution in [3.63, 3.8) is 0 Å². The minimum Gasteiger partial charge on any atom is -0.306 e. The number of halogens is 4. The van der Waals surface area contributed by atoms with Crippen molar-refractivity contribution in [1.82, 2.24) is 9.97 Å². The molecule has 0 bridgehead atoms. The van der Waals surface area contributed by atoms with Gasteiger partial charge in [-0.05, 0) is 30.2 Å². The average Bonchev–Trinajstić information content (AvgIpc) is 2.33. The Labute approximate surface area is 122 Å². The number of benzene rings is 1. The molecular formula is C12H7Cl2F2N3O. The standard InChI is InChI=1S/C12H7Cl2F2N3O/c1-5-2-3-6(15)9(10(5)16)11(20)18-8-4-7(13)17-12(14)19-8/h2-4H,1H3,(H,17,18,19,20). The third kappa shape index (κ3) is 3.02. The summed E-state index contributed by atoms with van der Waals surface area (Å²) < 4.78 is 27.3. The van der Waals surface area contributed by atoms with Crippen molar-refractivity contribution >= 4 is 34.9 Å². The monoisotopic (exact) mass is 317 g/mol. The van der Waals surface area contributed by atoms with Crippen LogP contribution < -0.4 is 5.32 Å². The Kier molecular flexibility index (Phi) is 4.15. The zero-order chi connectivity index (χ0) is 14.9. The van der Waals surface area contributed by atoms with Crippen LogP contribution in [0.25, 0.3) is 0 Å². The van der Waals surface area contributed by atoms with E-state index in [0.717, 1.165) is 6.07 Å². The maximum absolute atomic E-state index is 13.8. The van der Waals surface area contributed by atoms with E-state index in [0.29, 0.717) is 0 Å². The summed E-state index contributed by atoms with van der Waals surface area (Å²) >= 11 is 11.2. The summed E-state index contributed by atoms with van der Waals surface area (Å²) in [7, 11) is 0. The van der Waals surface area contributed by atoms with Crippen LogP contribution in [0, 0.1) is 18.6 Å². The molecule has 0 radical (unpaired) electrons. The molecule has 0 atom stereocenters. The van der Waals surface area contributed by atoms with Gasteiger partial charge in [0.2, 0.25) is 5.28 Å². The van der Waals surface area contributed by atoms with Crippen LogP contribution in [-0.2, 0) is 0 Å². The largest absolute Gasteiger partial charge is 0.306 e. The molecule has 0 spiro atoms. The number of nitrogens with zero attached hydrogens (tertiary/aromatic N) is 2. The molecule has 8 heteroatoms. The second-order valence-corrected chi connectivity index (χ2v) is 4.58. The molecule has 0 unspecified atom stereocenters. The van der Waals surface area contributed by atoms with Crippen molar-refractivity contribution < 1.29 is 13.6 Å². The molecule has 0 fully saturated rings. The molecule has 1 aromatic carbocycles. The molecule has 1 aromatic heterocycles. The van der Waals surface area contributed by atoms with Gasteiger partial charge in [0.05, 0.1) is 0 Å². The van der Waals surface area contributed by atoms with E-state index < -0.39 is 23.1 Å². The number of amides is 1. The van der Waals surface area contributed by atoms with Crippen molar-refractivity contribution in [3.05, 3.63) is 51.4 Å². The SMILES string of the molecule is Cc1ccc(F)c(C(=O)Nc2cc(Cl)nc(Cl)n2)c1F. The van der Waals surface area contributed by atoms with Crippen molar-refractivity contribution in [2.24, 2.45) is 0 Å². The van der Waals surface area contributed by atoms with Gasteiger partial charge in [0, 0.05) is 6.07 Å². The van der Waals surface area contributed by atoms with Gasteiger partial charge in [0.25, 0.3) is 5.91 Å². The highest BCUT2D eigenvalue weighted by Gasteiger charge is 2.19. The molecule has 0 aliphatic heterocycles. The van der Waals surface area contributed by atoms with Crippen LogP contribution in [0.3, 0.4) is 0 Å². The minimum atomic E-state index is -0.991. The minimum absolute atomic E-state index is 0.00881. The number of anilines is 1. The Morgan fingerprint density at radius 3 is 2.60 bits per heavy atom. The fourth-order valence-corrected chi connectivity index (χ4v) is 1.91. The van der Waals surface area contributed by atoms with Crippen LogP contribution in [0.4, 0.5) is 14.6 Å². The predicted molar refractivity (Wildman–Crippen MR) is 71.1 cm³/mol. The second kappa shape index (κ2) is 5.68. The van der Waals surface area contributed by atoms with Gasteiger partial charge in [-0.25, -0.2) is 18.7 Å². The van der Waals surface area contributed by atoms with Crippen LogP contribution in [0.15, 0.2) is 18.2 Å². The van der Waals surface area contributed by atoms with E-state index in [1.165, 1.54) is 19.1 Å². The zero-order valence-corrected chi connectivity index (χ0v) is 11.6. The number of hydrogen-bond donors (Lipinski definition) is 1. The van der Waals surface area contributed by atoms with Crippen molar-refractivity contribution in [2.45, 2.75) is 6.92 Å². The van der Waals surface area contributed by atoms with Crippen LogP contribution in [0.2, 0.25) is 10.4 Å². The smallest absolute Gasteiger partial charge is 0.262 e. The summed E-state index contributed by atoms with van der Waals surface area (Å²) in [6, 6.07) is 3.45. The van der Waals surface area contributed by atoms with Gasteiger partial charge in [-0.1, -0.05) is 17.7 Å². The molecule has 0 aliphatic rings. The fraction of sp³-hybridized carbons (Fsp3) is 0.0833. The fourth-order valence-electron chi connectivity index (χ4n) is 1.50. The number of aromatic nitrogens is 2. The Bertz CT molecular complexity index is 674. The lowest BCUT2D eigenvalue weighted by molar-refractivity contribution is 0.101. The summed E-state index contributed by atoms with van der Waals surface area (Å²) in [4.78, 5) is 19.2. The Hall–Kier alpha value is -1.79. The molecule has 0 saturated heterocycles. The molecule has 2 rings (SSSR count). The first-order chi connectivity index (χ1) is 9.38. The third-order valence-corrected chi connectivity index (χ3v) is 2.78. The maximum atomic E-state index is 13.8. The molecule has 1 amide bonds. The lowest BCUT2D eigenvalue weighted by Gasteiger charge is -2.08. The van der Waals surface area contributed by atoms with Gasteiger partial charge in [0.1, 0.15) is 28.2 Å². The summed E-state index contributed by atoms with van der Waals surface area (Å²) in [6.45, 7) is 1.42. The van der Waals surface area contributed by atoms with E-state index in [-0.39, 0.29) is 21.8 Å². The van der Waals surface area contributed by atoms with Crippen LogP contribution >= 0.6 is 23.2 Å². The number of aryl methyl sites for hydroxylation is 1. The van der Waals surface area contributed by atoms with Gasteiger partial charge in [-0.15, -0.1) is 0 Å². The summed E-state index contributed by atoms with van der Waals surface area (Å²) in [5.74, 6) is -2.96. The quantitative estimate of drug-likeness (QED) is 0.680. The molecule has 1 heterocycles. The summed E-state index contributed by atoms with van der Waals surface area (Å²) in [6.07, 6.45) is 0. The van der Waals surface area contributed by atoms with Gasteiger partial charge >= 0.3 is 0 Å². The maximum Gasteiger partial charge on any atom is 0.262 e. The van der Waals surface area contributed by atoms with E-state index in [1.807, 2.05) is 0 Å². The Balaban J connectivity index is 2.35. The second-order valence-electron chi connectivity index (χ2n) is 3.85. The van der Waals surface area contributed by atoms with Crippen LogP contribution in [0.5, 0.6) is 0 Å². The highest BCUT2D eigenvalue weighted by Crippen LogP contribution is 2.19. The first-order valence-electron chi connectivity index (χ1n) is 5.34. The highest BCUT2D eigenvalue weighted by atomic mass is 35.5. The first kappa shape index (κ1) is 14.6. The molecule has 2 aromatic rings. The van der Waals surface area contributed by atoms with Crippen molar-refractivity contribution in [3.8, 4) is 0 Å². The first-order valence-corrected chi connectivity index (χ1v) is 6.10. The Morgan fingerprint density at radius 1 is 1.25 bits per heavy atom. The molecule has 0 aliphatic carbocycles. The normalized spacial score (nSPS) is 10.4. The predicted octanol–water partition coefficient (Wildman–Crippen LogP) is 3.62. The third-order valence-electron chi connectivity index (χ3n) is 2.42. The van der Waals surface area contributed by atoms with Crippen molar-refractivity contribution in [2.75, 3.05) is 5.32 Å². The molecule has 0 saturated carbocycles. The molecule has 20 heavy (non-hydrogen) atoms. The van der Waals surface area contributed by atoms with Gasteiger partial charge in [-0.3, -0.25) is 4.79 Å².